The average Bonchev–Trinajstić information content (AvgIpc) is 3.68. The topological polar surface area (TPSA) is 122 Å². The lowest BCUT2D eigenvalue weighted by molar-refractivity contribution is 0.0240. The first-order valence-electron chi connectivity index (χ1n) is 17.3. The first kappa shape index (κ1) is 37.1. The van der Waals surface area contributed by atoms with Gasteiger partial charge in [0.25, 0.3) is 0 Å². The molecule has 0 aliphatic carbocycles. The van der Waals surface area contributed by atoms with Crippen LogP contribution in [0.3, 0.4) is 0 Å². The Kier molecular flexibility index (Phi) is 10.3. The van der Waals surface area contributed by atoms with Crippen LogP contribution in [0.25, 0.3) is 38.3 Å². The Morgan fingerprint density at radius 1 is 1.00 bits per heavy atom. The number of aromatic nitrogens is 3. The van der Waals surface area contributed by atoms with E-state index in [4.69, 9.17) is 19.2 Å². The Morgan fingerprint density at radius 3 is 2.35 bits per heavy atom. The van der Waals surface area contributed by atoms with Crippen molar-refractivity contribution in [1.29, 1.82) is 0 Å². The minimum absolute atomic E-state index is 0.00903. The normalized spacial score (nSPS) is 17.1. The van der Waals surface area contributed by atoms with Crippen LogP contribution in [0.2, 0.25) is 0 Å². The van der Waals surface area contributed by atoms with Gasteiger partial charge >= 0.3 is 18.2 Å². The molecule has 2 aliphatic rings. The van der Waals surface area contributed by atoms with Crippen molar-refractivity contribution in [2.24, 2.45) is 0 Å². The number of carbonyl (C=O) groups is 2. The van der Waals surface area contributed by atoms with Crippen LogP contribution in [0.1, 0.15) is 59.9 Å². The molecule has 0 saturated carbocycles. The predicted molar refractivity (Wildman–Crippen MR) is 199 cm³/mol. The highest BCUT2D eigenvalue weighted by Crippen LogP contribution is 2.42. The minimum Gasteiger partial charge on any atom is -0.462 e. The molecule has 2 aromatic carbocycles. The van der Waals surface area contributed by atoms with E-state index in [0.717, 1.165) is 30.7 Å². The highest BCUT2D eigenvalue weighted by Gasteiger charge is 2.30. The van der Waals surface area contributed by atoms with Crippen molar-refractivity contribution in [3.8, 4) is 17.1 Å². The standard InChI is InChI=1S/C37H45F2N7O5S/c1-9-21-19-24-28(27(39)26(21)23-12-13-25(38)30-29(23)41-33(52-30)43-34(47)50-36(2,3)4)40-32(49-20-22-11-10-14-44(22)8)42-31(24)45-15-17-46(18-16-45)35(48)51-37(5,6)7/h9,12-13,19,22H,1,10-11,14-18,20H2,2-8H3,(H,41,43,47)/t22-/m0/s1. The number of amides is 2. The number of fused-ring (bicyclic) bond motifs is 2. The molecule has 2 saturated heterocycles. The van der Waals surface area contributed by atoms with Crippen LogP contribution in [0.15, 0.2) is 24.8 Å². The number of hydrogen-bond donors (Lipinski definition) is 1. The third-order valence-corrected chi connectivity index (χ3v) is 9.80. The molecule has 6 rings (SSSR count). The Bertz CT molecular complexity index is 2020. The zero-order valence-electron chi connectivity index (χ0n) is 30.6. The third kappa shape index (κ3) is 8.04. The first-order chi connectivity index (χ1) is 24.5. The summed E-state index contributed by atoms with van der Waals surface area (Å²) in [6.07, 6.45) is 2.39. The lowest BCUT2D eigenvalue weighted by Gasteiger charge is -2.36. The van der Waals surface area contributed by atoms with Crippen molar-refractivity contribution >= 4 is 61.7 Å². The number of hydrogen-bond acceptors (Lipinski definition) is 11. The van der Waals surface area contributed by atoms with Crippen LogP contribution >= 0.6 is 11.3 Å². The van der Waals surface area contributed by atoms with Crippen LogP contribution in [0, 0.1) is 11.6 Å². The SMILES string of the molecule is C=Cc1cc2c(N3CCN(C(=O)OC(C)(C)C)CC3)nc(OC[C@@H]3CCCN3C)nc2c(F)c1-c1ccc(F)c2sc(NC(=O)OC(C)(C)C)nc12. The first-order valence-corrected chi connectivity index (χ1v) is 18.1. The summed E-state index contributed by atoms with van der Waals surface area (Å²) in [5, 5.41) is 3.09. The van der Waals surface area contributed by atoms with E-state index in [1.165, 1.54) is 18.2 Å². The molecule has 52 heavy (non-hydrogen) atoms. The summed E-state index contributed by atoms with van der Waals surface area (Å²) in [6, 6.07) is 4.65. The number of benzene rings is 2. The molecule has 2 aliphatic heterocycles. The average molecular weight is 738 g/mol. The third-order valence-electron chi connectivity index (χ3n) is 8.82. The molecule has 1 atom stereocenters. The van der Waals surface area contributed by atoms with Crippen LogP contribution in [-0.2, 0) is 9.47 Å². The summed E-state index contributed by atoms with van der Waals surface area (Å²) in [6.45, 7) is 17.5. The van der Waals surface area contributed by atoms with Crippen molar-refractivity contribution in [2.75, 3.05) is 56.6 Å². The molecule has 2 aromatic heterocycles. The second-order valence-corrected chi connectivity index (χ2v) is 16.0. The predicted octanol–water partition coefficient (Wildman–Crippen LogP) is 7.70. The highest BCUT2D eigenvalue weighted by molar-refractivity contribution is 7.22. The number of nitrogens with zero attached hydrogens (tertiary/aromatic N) is 6. The van der Waals surface area contributed by atoms with E-state index in [1.54, 1.807) is 31.7 Å². The molecule has 278 valence electrons. The largest absolute Gasteiger partial charge is 0.462 e. The number of halogens is 2. The van der Waals surface area contributed by atoms with Crippen molar-refractivity contribution in [3.63, 3.8) is 0 Å². The number of likely N-dealkylation sites (N-methyl/N-ethyl adjacent to an activating group) is 1. The maximum absolute atomic E-state index is 17.2. The Labute approximate surface area is 305 Å². The molecular formula is C37H45F2N7O5S. The molecule has 2 amide bonds. The second kappa shape index (κ2) is 14.4. The van der Waals surface area contributed by atoms with E-state index < -0.39 is 35.0 Å². The monoisotopic (exact) mass is 737 g/mol. The van der Waals surface area contributed by atoms with Gasteiger partial charge in [-0.25, -0.2) is 23.4 Å². The molecule has 4 heterocycles. The highest BCUT2D eigenvalue weighted by atomic mass is 32.1. The molecule has 0 unspecified atom stereocenters. The van der Waals surface area contributed by atoms with E-state index in [9.17, 15) is 9.59 Å². The molecule has 0 radical (unpaired) electrons. The fourth-order valence-corrected chi connectivity index (χ4v) is 7.24. The van der Waals surface area contributed by atoms with Crippen molar-refractivity contribution in [1.82, 2.24) is 24.8 Å². The number of carbonyl (C=O) groups excluding carboxylic acids is 2. The number of rotatable bonds is 7. The number of likely N-dealkylation sites (tertiary alicyclic amines) is 1. The van der Waals surface area contributed by atoms with E-state index in [0.29, 0.717) is 55.1 Å². The van der Waals surface area contributed by atoms with E-state index in [1.807, 2.05) is 32.7 Å². The summed E-state index contributed by atoms with van der Waals surface area (Å²) < 4.78 is 49.6. The fraction of sp³-hybridized carbons (Fsp3) is 0.486. The zero-order valence-corrected chi connectivity index (χ0v) is 31.5. The number of thiazole rings is 1. The molecule has 0 bridgehead atoms. The van der Waals surface area contributed by atoms with E-state index >= 15 is 8.78 Å². The number of nitrogens with one attached hydrogen (secondary N) is 1. The van der Waals surface area contributed by atoms with Crippen LogP contribution < -0.4 is 15.0 Å². The second-order valence-electron chi connectivity index (χ2n) is 15.0. The molecule has 12 nitrogen and oxygen atoms in total. The van der Waals surface area contributed by atoms with E-state index in [-0.39, 0.29) is 38.5 Å². The summed E-state index contributed by atoms with van der Waals surface area (Å²) >= 11 is 0.918. The zero-order chi connectivity index (χ0) is 37.5. The molecule has 2 fully saturated rings. The van der Waals surface area contributed by atoms with Gasteiger partial charge in [0, 0.05) is 48.7 Å². The van der Waals surface area contributed by atoms with Gasteiger partial charge in [0.1, 0.15) is 35.0 Å². The lowest BCUT2D eigenvalue weighted by Crippen LogP contribution is -2.50. The van der Waals surface area contributed by atoms with Crippen LogP contribution in [0.4, 0.5) is 29.3 Å². The summed E-state index contributed by atoms with van der Waals surface area (Å²) in [7, 11) is 2.04. The number of anilines is 2. The van der Waals surface area contributed by atoms with Gasteiger partial charge in [-0.05, 0) is 91.7 Å². The quantitative estimate of drug-likeness (QED) is 0.202. The molecule has 0 spiro atoms. The van der Waals surface area contributed by atoms with Gasteiger partial charge in [-0.15, -0.1) is 0 Å². The lowest BCUT2D eigenvalue weighted by atomic mass is 9.95. The minimum atomic E-state index is -0.758. The van der Waals surface area contributed by atoms with Crippen molar-refractivity contribution < 1.29 is 32.6 Å². The Balaban J connectivity index is 1.42. The summed E-state index contributed by atoms with van der Waals surface area (Å²) in [4.78, 5) is 45.1. The van der Waals surface area contributed by atoms with Gasteiger partial charge < -0.3 is 28.9 Å². The number of piperazine rings is 1. The van der Waals surface area contributed by atoms with Gasteiger partial charge in [-0.1, -0.05) is 24.0 Å². The molecule has 15 heteroatoms. The van der Waals surface area contributed by atoms with Crippen molar-refractivity contribution in [2.45, 2.75) is 71.6 Å². The molecule has 1 N–H and O–H groups in total. The Morgan fingerprint density at radius 2 is 1.71 bits per heavy atom. The maximum atomic E-state index is 17.2. The smallest absolute Gasteiger partial charge is 0.413 e. The maximum Gasteiger partial charge on any atom is 0.413 e. The van der Waals surface area contributed by atoms with Crippen LogP contribution in [0.5, 0.6) is 6.01 Å². The van der Waals surface area contributed by atoms with Gasteiger partial charge in [0.15, 0.2) is 10.9 Å². The Hall–Kier alpha value is -4.63. The summed E-state index contributed by atoms with van der Waals surface area (Å²) in [5.41, 5.74) is -0.404. The van der Waals surface area contributed by atoms with Gasteiger partial charge in [0.2, 0.25) is 0 Å². The van der Waals surface area contributed by atoms with Gasteiger partial charge in [-0.3, -0.25) is 5.32 Å². The van der Waals surface area contributed by atoms with Crippen molar-refractivity contribution in [3.05, 3.63) is 42.0 Å². The van der Waals surface area contributed by atoms with E-state index in [2.05, 4.69) is 26.8 Å². The van der Waals surface area contributed by atoms with Gasteiger partial charge in [-0.2, -0.15) is 9.97 Å². The molecular weight excluding hydrogens is 693 g/mol. The molecule has 4 aromatic rings. The fourth-order valence-electron chi connectivity index (χ4n) is 6.36. The number of ether oxygens (including phenoxy) is 3. The summed E-state index contributed by atoms with van der Waals surface area (Å²) in [5.74, 6) is -0.801. The van der Waals surface area contributed by atoms with Crippen LogP contribution in [-0.4, -0.2) is 101 Å². The van der Waals surface area contributed by atoms with Gasteiger partial charge in [0.05, 0.1) is 10.2 Å².